The van der Waals surface area contributed by atoms with Gasteiger partial charge in [-0.15, -0.1) is 0 Å². The van der Waals surface area contributed by atoms with E-state index >= 15 is 0 Å². The molecule has 1 aromatic heterocycles. The summed E-state index contributed by atoms with van der Waals surface area (Å²) in [5, 5.41) is 8.45. The standard InChI is InChI=1S/C20H15F3N2O4S/c21-20(22,23)17-3-1-2-16(12-17)15-5-7-18(8-6-15)30(28,29)25-11-10-14(13-25)4-9-19(26)24-27/h1-13,27H,(H,24,26). The first-order valence-corrected chi connectivity index (χ1v) is 9.89. The van der Waals surface area contributed by atoms with Gasteiger partial charge in [-0.05, 0) is 53.1 Å². The molecule has 2 aromatic carbocycles. The van der Waals surface area contributed by atoms with Crippen molar-refractivity contribution in [2.45, 2.75) is 11.1 Å². The van der Waals surface area contributed by atoms with E-state index in [9.17, 15) is 26.4 Å². The number of rotatable bonds is 5. The molecule has 1 heterocycles. The third-order valence-electron chi connectivity index (χ3n) is 4.18. The van der Waals surface area contributed by atoms with Gasteiger partial charge in [0, 0.05) is 18.5 Å². The van der Waals surface area contributed by atoms with Crippen LogP contribution in [-0.4, -0.2) is 23.5 Å². The number of hydrogen-bond donors (Lipinski definition) is 2. The summed E-state index contributed by atoms with van der Waals surface area (Å²) in [4.78, 5) is 10.9. The third-order valence-corrected chi connectivity index (χ3v) is 5.83. The summed E-state index contributed by atoms with van der Waals surface area (Å²) >= 11 is 0. The summed E-state index contributed by atoms with van der Waals surface area (Å²) in [6.45, 7) is 0. The van der Waals surface area contributed by atoms with Crippen LogP contribution in [0.3, 0.4) is 0 Å². The van der Waals surface area contributed by atoms with E-state index in [-0.39, 0.29) is 4.90 Å². The summed E-state index contributed by atoms with van der Waals surface area (Å²) in [6.07, 6.45) is 0.423. The van der Waals surface area contributed by atoms with Crippen molar-refractivity contribution >= 4 is 22.0 Å². The first kappa shape index (κ1) is 21.3. The molecule has 3 rings (SSSR count). The second kappa shape index (κ2) is 8.17. The number of hydroxylamine groups is 1. The van der Waals surface area contributed by atoms with E-state index in [0.29, 0.717) is 16.7 Å². The minimum absolute atomic E-state index is 0.0579. The Balaban J connectivity index is 1.86. The lowest BCUT2D eigenvalue weighted by molar-refractivity contribution is -0.137. The van der Waals surface area contributed by atoms with Crippen molar-refractivity contribution < 1.29 is 31.6 Å². The van der Waals surface area contributed by atoms with Crippen LogP contribution in [0.5, 0.6) is 0 Å². The first-order valence-electron chi connectivity index (χ1n) is 8.45. The largest absolute Gasteiger partial charge is 0.416 e. The van der Waals surface area contributed by atoms with E-state index in [1.165, 1.54) is 66.4 Å². The maximum atomic E-state index is 12.9. The van der Waals surface area contributed by atoms with E-state index in [2.05, 4.69) is 0 Å². The Labute approximate surface area is 169 Å². The van der Waals surface area contributed by atoms with E-state index < -0.39 is 27.7 Å². The van der Waals surface area contributed by atoms with Gasteiger partial charge >= 0.3 is 6.18 Å². The highest BCUT2D eigenvalue weighted by Crippen LogP contribution is 2.32. The molecule has 0 atom stereocenters. The highest BCUT2D eigenvalue weighted by atomic mass is 32.2. The fourth-order valence-corrected chi connectivity index (χ4v) is 3.87. The molecule has 0 aliphatic carbocycles. The van der Waals surface area contributed by atoms with Crippen molar-refractivity contribution in [1.82, 2.24) is 9.45 Å². The Morgan fingerprint density at radius 1 is 1.03 bits per heavy atom. The molecule has 0 unspecified atom stereocenters. The van der Waals surface area contributed by atoms with E-state index in [4.69, 9.17) is 5.21 Å². The Hall–Kier alpha value is -3.37. The predicted octanol–water partition coefficient (Wildman–Crippen LogP) is 3.93. The van der Waals surface area contributed by atoms with Gasteiger partial charge in [0.2, 0.25) is 0 Å². The topological polar surface area (TPSA) is 88.4 Å². The third kappa shape index (κ3) is 4.61. The molecule has 0 saturated heterocycles. The van der Waals surface area contributed by atoms with Crippen molar-refractivity contribution in [3.05, 3.63) is 84.2 Å². The molecule has 0 spiro atoms. The van der Waals surface area contributed by atoms with Crippen LogP contribution in [0.2, 0.25) is 0 Å². The van der Waals surface area contributed by atoms with Crippen LogP contribution in [0, 0.1) is 0 Å². The zero-order chi connectivity index (χ0) is 21.9. The summed E-state index contributed by atoms with van der Waals surface area (Å²) in [6, 6.07) is 11.7. The molecule has 0 saturated carbocycles. The van der Waals surface area contributed by atoms with Gasteiger partial charge in [-0.2, -0.15) is 13.2 Å². The van der Waals surface area contributed by atoms with Gasteiger partial charge < -0.3 is 0 Å². The zero-order valence-corrected chi connectivity index (χ0v) is 16.0. The maximum Gasteiger partial charge on any atom is 0.416 e. The van der Waals surface area contributed by atoms with Gasteiger partial charge in [0.05, 0.1) is 10.5 Å². The van der Waals surface area contributed by atoms with Gasteiger partial charge in [0.1, 0.15) is 0 Å². The lowest BCUT2D eigenvalue weighted by Gasteiger charge is -2.10. The fraction of sp³-hybridized carbons (Fsp3) is 0.0500. The number of nitrogens with zero attached hydrogens (tertiary/aromatic N) is 1. The normalized spacial score (nSPS) is 12.3. The molecule has 0 fully saturated rings. The molecule has 6 nitrogen and oxygen atoms in total. The van der Waals surface area contributed by atoms with Crippen LogP contribution in [0.25, 0.3) is 17.2 Å². The SMILES string of the molecule is O=C(C=Cc1ccn(S(=O)(=O)c2ccc(-c3cccc(C(F)(F)F)c3)cc2)c1)NO. The monoisotopic (exact) mass is 436 g/mol. The summed E-state index contributed by atoms with van der Waals surface area (Å²) in [5.74, 6) is -0.768. The second-order valence-electron chi connectivity index (χ2n) is 6.19. The molecular formula is C20H15F3N2O4S. The molecular weight excluding hydrogens is 421 g/mol. The second-order valence-corrected chi connectivity index (χ2v) is 8.04. The highest BCUT2D eigenvalue weighted by Gasteiger charge is 2.30. The minimum Gasteiger partial charge on any atom is -0.288 e. The number of hydrogen-bond acceptors (Lipinski definition) is 4. The molecule has 2 N–H and O–H groups in total. The Morgan fingerprint density at radius 2 is 1.73 bits per heavy atom. The van der Waals surface area contributed by atoms with E-state index in [0.717, 1.165) is 22.2 Å². The summed E-state index contributed by atoms with van der Waals surface area (Å²) < 4.78 is 65.1. The number of amides is 1. The Kier molecular flexibility index (Phi) is 5.81. The molecule has 1 amide bonds. The number of carbonyl (C=O) groups excluding carboxylic acids is 1. The highest BCUT2D eigenvalue weighted by molar-refractivity contribution is 7.90. The molecule has 0 bridgehead atoms. The minimum atomic E-state index is -4.47. The Morgan fingerprint density at radius 3 is 2.37 bits per heavy atom. The van der Waals surface area contributed by atoms with Crippen molar-refractivity contribution in [3.63, 3.8) is 0 Å². The number of benzene rings is 2. The van der Waals surface area contributed by atoms with Crippen molar-refractivity contribution in [2.75, 3.05) is 0 Å². The lowest BCUT2D eigenvalue weighted by atomic mass is 10.0. The van der Waals surface area contributed by atoms with Crippen LogP contribution in [0.4, 0.5) is 13.2 Å². The van der Waals surface area contributed by atoms with Gasteiger partial charge in [0.25, 0.3) is 15.9 Å². The molecule has 0 aliphatic heterocycles. The van der Waals surface area contributed by atoms with Crippen LogP contribution < -0.4 is 5.48 Å². The number of alkyl halides is 3. The average Bonchev–Trinajstić information content (AvgIpc) is 3.21. The van der Waals surface area contributed by atoms with Gasteiger partial charge in [-0.25, -0.2) is 17.9 Å². The first-order chi connectivity index (χ1) is 14.1. The quantitative estimate of drug-likeness (QED) is 0.360. The molecule has 10 heteroatoms. The molecule has 0 aliphatic rings. The summed E-state index contributed by atoms with van der Waals surface area (Å²) in [5.41, 5.74) is 1.77. The number of nitrogens with one attached hydrogen (secondary N) is 1. The van der Waals surface area contributed by atoms with Crippen molar-refractivity contribution in [2.24, 2.45) is 0 Å². The predicted molar refractivity (Wildman–Crippen MR) is 103 cm³/mol. The average molecular weight is 436 g/mol. The van der Waals surface area contributed by atoms with Crippen LogP contribution in [-0.2, 0) is 21.0 Å². The number of carbonyl (C=O) groups is 1. The Bertz CT molecular complexity index is 1200. The molecule has 3 aromatic rings. The maximum absolute atomic E-state index is 12.9. The van der Waals surface area contributed by atoms with E-state index in [1.54, 1.807) is 0 Å². The fourth-order valence-electron chi connectivity index (χ4n) is 2.67. The molecule has 156 valence electrons. The zero-order valence-electron chi connectivity index (χ0n) is 15.2. The van der Waals surface area contributed by atoms with Gasteiger partial charge in [-0.3, -0.25) is 10.0 Å². The van der Waals surface area contributed by atoms with E-state index in [1.807, 2.05) is 0 Å². The van der Waals surface area contributed by atoms with Gasteiger partial charge in [0.15, 0.2) is 0 Å². The summed E-state index contributed by atoms with van der Waals surface area (Å²) in [7, 11) is -3.94. The number of halogens is 3. The van der Waals surface area contributed by atoms with Crippen molar-refractivity contribution in [3.8, 4) is 11.1 Å². The molecule has 0 radical (unpaired) electrons. The van der Waals surface area contributed by atoms with Crippen molar-refractivity contribution in [1.29, 1.82) is 0 Å². The van der Waals surface area contributed by atoms with Crippen LogP contribution in [0.15, 0.2) is 78.0 Å². The molecule has 30 heavy (non-hydrogen) atoms. The smallest absolute Gasteiger partial charge is 0.288 e. The van der Waals surface area contributed by atoms with Gasteiger partial charge in [-0.1, -0.05) is 24.3 Å². The van der Waals surface area contributed by atoms with Crippen LogP contribution >= 0.6 is 0 Å². The number of aromatic nitrogens is 1. The lowest BCUT2D eigenvalue weighted by Crippen LogP contribution is -2.14. The van der Waals surface area contributed by atoms with Crippen LogP contribution in [0.1, 0.15) is 11.1 Å².